The maximum atomic E-state index is 2.73. The Balaban J connectivity index is 2.00. The van der Waals surface area contributed by atoms with Crippen molar-refractivity contribution in [3.63, 3.8) is 0 Å². The van der Waals surface area contributed by atoms with E-state index in [1.165, 1.54) is 19.3 Å². The van der Waals surface area contributed by atoms with Crippen molar-refractivity contribution in [3.05, 3.63) is 0 Å². The van der Waals surface area contributed by atoms with Crippen LogP contribution in [0, 0.1) is 0 Å². The Labute approximate surface area is 62.4 Å². The molecule has 0 aromatic carbocycles. The number of rotatable bonds is 0. The van der Waals surface area contributed by atoms with Crippen molar-refractivity contribution in [1.82, 2.24) is 4.90 Å². The number of hydrogen-bond acceptors (Lipinski definition) is 1. The maximum absolute atomic E-state index is 2.73. The van der Waals surface area contributed by atoms with E-state index in [1.807, 2.05) is 0 Å². The highest BCUT2D eigenvalue weighted by molar-refractivity contribution is 5.35. The predicted octanol–water partition coefficient (Wildman–Crippen LogP) is 1.78. The fourth-order valence-corrected chi connectivity index (χ4v) is 4.80. The van der Waals surface area contributed by atoms with Gasteiger partial charge in [0, 0.05) is 16.6 Å². The Hall–Kier alpha value is -0.0400. The van der Waals surface area contributed by atoms with Gasteiger partial charge in [0.25, 0.3) is 0 Å². The third-order valence-corrected chi connectivity index (χ3v) is 3.90. The Morgan fingerprint density at radius 3 is 1.20 bits per heavy atom. The maximum Gasteiger partial charge on any atom is 0.0227 e. The first-order chi connectivity index (χ1) is 4.49. The molecule has 3 saturated heterocycles. The molecule has 0 aromatic rings. The van der Waals surface area contributed by atoms with E-state index >= 15 is 0 Å². The summed E-state index contributed by atoms with van der Waals surface area (Å²) in [5.74, 6) is 0. The molecule has 10 heavy (non-hydrogen) atoms. The van der Waals surface area contributed by atoms with Gasteiger partial charge >= 0.3 is 0 Å². The summed E-state index contributed by atoms with van der Waals surface area (Å²) in [6, 6.07) is 0. The van der Waals surface area contributed by atoms with Crippen LogP contribution in [0.25, 0.3) is 0 Å². The van der Waals surface area contributed by atoms with Gasteiger partial charge < -0.3 is 0 Å². The fraction of sp³-hybridized carbons (Fsp3) is 1.00. The van der Waals surface area contributed by atoms with Crippen LogP contribution in [0.5, 0.6) is 0 Å². The number of nitrogens with zero attached hydrogens (tertiary/aromatic N) is 1. The molecule has 0 aromatic heterocycles. The van der Waals surface area contributed by atoms with E-state index in [9.17, 15) is 0 Å². The molecule has 1 heteroatoms. The molecule has 3 aliphatic rings. The van der Waals surface area contributed by atoms with Gasteiger partial charge in [-0.15, -0.1) is 0 Å². The van der Waals surface area contributed by atoms with Crippen molar-refractivity contribution in [2.45, 2.75) is 56.7 Å². The highest BCUT2D eigenvalue weighted by Gasteiger charge is 2.79. The van der Waals surface area contributed by atoms with E-state index in [0.29, 0.717) is 16.6 Å². The first kappa shape index (κ1) is 5.59. The average molecular weight is 137 g/mol. The molecule has 0 radical (unpaired) electrons. The minimum Gasteiger partial charge on any atom is -0.287 e. The van der Waals surface area contributed by atoms with E-state index in [2.05, 4.69) is 25.7 Å². The van der Waals surface area contributed by atoms with E-state index in [1.54, 1.807) is 0 Å². The molecule has 1 nitrogen and oxygen atoms in total. The Kier molecular flexibility index (Phi) is 0.553. The summed E-state index contributed by atoms with van der Waals surface area (Å²) in [6.07, 6.45) is 4.36. The number of hydrogen-bond donors (Lipinski definition) is 0. The Morgan fingerprint density at radius 2 is 1.10 bits per heavy atom. The van der Waals surface area contributed by atoms with Gasteiger partial charge in [0.2, 0.25) is 0 Å². The molecule has 0 N–H and O–H groups in total. The van der Waals surface area contributed by atoms with Gasteiger partial charge in [-0.05, 0) is 40.0 Å². The van der Waals surface area contributed by atoms with Gasteiger partial charge in [-0.25, -0.2) is 0 Å². The number of piperidine rings is 3. The van der Waals surface area contributed by atoms with Crippen LogP contribution >= 0.6 is 0 Å². The molecule has 0 spiro atoms. The average Bonchev–Trinajstić information content (AvgIpc) is 1.54. The van der Waals surface area contributed by atoms with Gasteiger partial charge in [0.1, 0.15) is 0 Å². The molecule has 3 fully saturated rings. The molecule has 3 heterocycles. The second kappa shape index (κ2) is 0.989. The molecule has 3 rings (SSSR count). The minimum atomic E-state index is 0.641. The van der Waals surface area contributed by atoms with Crippen LogP contribution in [0.1, 0.15) is 40.0 Å². The zero-order valence-corrected chi connectivity index (χ0v) is 7.07. The molecule has 0 amide bonds. The third-order valence-electron chi connectivity index (χ3n) is 3.90. The monoisotopic (exact) mass is 137 g/mol. The summed E-state index contributed by atoms with van der Waals surface area (Å²) < 4.78 is 0. The zero-order valence-electron chi connectivity index (χ0n) is 7.07. The standard InChI is InChI=1S/C9H15N/c1-7-4-8(2)6-9(3,5-7)10(7)8/h4-6H2,1-3H3. The third kappa shape index (κ3) is 0.298. The molecular weight excluding hydrogens is 122 g/mol. The summed E-state index contributed by atoms with van der Waals surface area (Å²) in [7, 11) is 0. The summed E-state index contributed by atoms with van der Waals surface area (Å²) >= 11 is 0. The Bertz CT molecular complexity index is 175. The molecule has 0 atom stereocenters. The quantitative estimate of drug-likeness (QED) is 0.492. The highest BCUT2D eigenvalue weighted by Crippen LogP contribution is 2.73. The van der Waals surface area contributed by atoms with Crippen LogP contribution < -0.4 is 0 Å². The minimum absolute atomic E-state index is 0.641. The van der Waals surface area contributed by atoms with Crippen LogP contribution in [0.2, 0.25) is 0 Å². The van der Waals surface area contributed by atoms with Crippen LogP contribution in [-0.4, -0.2) is 21.5 Å². The van der Waals surface area contributed by atoms with E-state index in [4.69, 9.17) is 0 Å². The molecule has 0 aliphatic carbocycles. The molecule has 0 unspecified atom stereocenters. The summed E-state index contributed by atoms with van der Waals surface area (Å²) in [4.78, 5) is 2.73. The molecule has 0 saturated carbocycles. The molecule has 56 valence electrons. The fourth-order valence-electron chi connectivity index (χ4n) is 4.80. The SMILES string of the molecule is CC12CC3(C)CC(C)(C1)N23. The normalized spacial score (nSPS) is 71.1. The summed E-state index contributed by atoms with van der Waals surface area (Å²) in [6.45, 7) is 7.24. The van der Waals surface area contributed by atoms with E-state index in [-0.39, 0.29) is 0 Å². The first-order valence-electron chi connectivity index (χ1n) is 4.29. The van der Waals surface area contributed by atoms with Crippen LogP contribution in [0.4, 0.5) is 0 Å². The lowest BCUT2D eigenvalue weighted by Crippen LogP contribution is -2.95. The zero-order chi connectivity index (χ0) is 7.20. The molecule has 3 aliphatic heterocycles. The van der Waals surface area contributed by atoms with Gasteiger partial charge in [-0.3, -0.25) is 4.90 Å². The van der Waals surface area contributed by atoms with Crippen LogP contribution in [0.15, 0.2) is 0 Å². The van der Waals surface area contributed by atoms with E-state index in [0.717, 1.165) is 0 Å². The molecular formula is C9H15N. The topological polar surface area (TPSA) is 3.24 Å². The second-order valence-electron chi connectivity index (χ2n) is 5.36. The molecule has 0 bridgehead atoms. The Morgan fingerprint density at radius 1 is 0.800 bits per heavy atom. The lowest BCUT2D eigenvalue weighted by atomic mass is 9.43. The van der Waals surface area contributed by atoms with Gasteiger partial charge in [0.05, 0.1) is 0 Å². The second-order valence-corrected chi connectivity index (χ2v) is 5.36. The highest BCUT2D eigenvalue weighted by atomic mass is 15.5. The smallest absolute Gasteiger partial charge is 0.0227 e. The first-order valence-corrected chi connectivity index (χ1v) is 4.29. The van der Waals surface area contributed by atoms with Gasteiger partial charge in [0.15, 0.2) is 0 Å². The van der Waals surface area contributed by atoms with Crippen molar-refractivity contribution >= 4 is 0 Å². The van der Waals surface area contributed by atoms with Crippen molar-refractivity contribution in [2.24, 2.45) is 0 Å². The van der Waals surface area contributed by atoms with E-state index < -0.39 is 0 Å². The van der Waals surface area contributed by atoms with Crippen LogP contribution in [0.3, 0.4) is 0 Å². The summed E-state index contributed by atoms with van der Waals surface area (Å²) in [5, 5.41) is 0. The van der Waals surface area contributed by atoms with Crippen molar-refractivity contribution in [1.29, 1.82) is 0 Å². The van der Waals surface area contributed by atoms with Gasteiger partial charge in [-0.2, -0.15) is 0 Å². The van der Waals surface area contributed by atoms with Crippen molar-refractivity contribution in [2.75, 3.05) is 0 Å². The lowest BCUT2D eigenvalue weighted by Gasteiger charge is -2.88. The predicted molar refractivity (Wildman–Crippen MR) is 40.9 cm³/mol. The summed E-state index contributed by atoms with van der Waals surface area (Å²) in [5.41, 5.74) is 1.92. The van der Waals surface area contributed by atoms with Crippen molar-refractivity contribution in [3.8, 4) is 0 Å². The van der Waals surface area contributed by atoms with Gasteiger partial charge in [-0.1, -0.05) is 0 Å². The lowest BCUT2D eigenvalue weighted by molar-refractivity contribution is -0.367. The largest absolute Gasteiger partial charge is 0.287 e. The van der Waals surface area contributed by atoms with Crippen LogP contribution in [-0.2, 0) is 0 Å². The van der Waals surface area contributed by atoms with Crippen molar-refractivity contribution < 1.29 is 0 Å².